The van der Waals surface area contributed by atoms with Gasteiger partial charge in [0.05, 0.1) is 6.07 Å². The van der Waals surface area contributed by atoms with Crippen LogP contribution in [0.2, 0.25) is 0 Å². The molecule has 0 aromatic heterocycles. The van der Waals surface area contributed by atoms with Gasteiger partial charge in [0, 0.05) is 6.08 Å². The van der Waals surface area contributed by atoms with Gasteiger partial charge in [0.15, 0.2) is 0 Å². The van der Waals surface area contributed by atoms with Crippen LogP contribution in [0.15, 0.2) is 59.5 Å². The molecule has 2 rings (SSSR count). The van der Waals surface area contributed by atoms with E-state index in [-0.39, 0.29) is 5.56 Å². The molecule has 0 unspecified atom stereocenters. The van der Waals surface area contributed by atoms with Crippen LogP contribution in [-0.4, -0.2) is 8.42 Å². The first-order valence-corrected chi connectivity index (χ1v) is 9.06. The fraction of sp³-hybridized carbons (Fsp3) is 0. The molecule has 0 amide bonds. The molecule has 0 N–H and O–H groups in total. The molecule has 0 spiro atoms. The Balaban J connectivity index is 2.75. The fourth-order valence-electron chi connectivity index (χ4n) is 2.04. The summed E-state index contributed by atoms with van der Waals surface area (Å²) in [7, 11) is -5.09. The van der Waals surface area contributed by atoms with Crippen LogP contribution in [0.1, 0.15) is 5.56 Å². The average molecular weight is 427 g/mol. The van der Waals surface area contributed by atoms with Crippen LogP contribution in [0.4, 0.5) is 22.0 Å². The molecule has 2 aromatic carbocycles. The highest BCUT2D eigenvalue weighted by Gasteiger charge is 2.31. The highest BCUT2D eigenvalue weighted by Crippen LogP contribution is 2.31. The maximum Gasteiger partial charge on any atom is 0.340 e. The standard InChI is InChI=1S/C19H10F5NO3S/c20-14-15(21)17(23)19(18(24)16(14)22)28-29(26,27)13-10-6-4-2-1-3-5-8-12(13)9-7-11-25/h1-10H. The summed E-state index contributed by atoms with van der Waals surface area (Å²) in [6.45, 7) is 0. The Kier molecular flexibility index (Phi) is 6.90. The van der Waals surface area contributed by atoms with E-state index >= 15 is 0 Å². The number of hydrogen-bond acceptors (Lipinski definition) is 4. The van der Waals surface area contributed by atoms with Gasteiger partial charge >= 0.3 is 10.1 Å². The Bertz CT molecular complexity index is 1140. The Morgan fingerprint density at radius 2 is 1.28 bits per heavy atom. The predicted molar refractivity (Wildman–Crippen MR) is 92.8 cm³/mol. The van der Waals surface area contributed by atoms with Gasteiger partial charge in [-0.15, -0.1) is 0 Å². The first kappa shape index (κ1) is 21.8. The zero-order valence-electron chi connectivity index (χ0n) is 14.2. The van der Waals surface area contributed by atoms with Crippen molar-refractivity contribution in [2.45, 2.75) is 4.90 Å². The van der Waals surface area contributed by atoms with Gasteiger partial charge in [-0.25, -0.2) is 13.2 Å². The second kappa shape index (κ2) is 9.16. The van der Waals surface area contributed by atoms with Gasteiger partial charge in [-0.1, -0.05) is 42.5 Å². The number of nitrogens with zero attached hydrogens (tertiary/aromatic N) is 1. The Labute approximate surface area is 162 Å². The third kappa shape index (κ3) is 4.89. The van der Waals surface area contributed by atoms with Gasteiger partial charge < -0.3 is 4.18 Å². The first-order chi connectivity index (χ1) is 13.7. The number of rotatable bonds is 4. The number of nitriles is 1. The molecule has 150 valence electrons. The van der Waals surface area contributed by atoms with E-state index in [0.717, 1.165) is 18.2 Å². The number of halogens is 5. The van der Waals surface area contributed by atoms with Crippen molar-refractivity contribution in [2.75, 3.05) is 0 Å². The Morgan fingerprint density at radius 1 is 0.793 bits per heavy atom. The third-order valence-corrected chi connectivity index (χ3v) is 4.63. The third-order valence-electron chi connectivity index (χ3n) is 3.33. The van der Waals surface area contributed by atoms with E-state index in [1.807, 2.05) is 0 Å². The molecule has 0 atom stereocenters. The van der Waals surface area contributed by atoms with E-state index in [1.165, 1.54) is 36.4 Å². The molecular formula is C19H10F5NO3S. The normalized spacial score (nSPS) is 11.0. The summed E-state index contributed by atoms with van der Waals surface area (Å²) in [4.78, 5) is -0.691. The molecule has 0 heterocycles. The molecule has 0 radical (unpaired) electrons. The zero-order valence-corrected chi connectivity index (χ0v) is 15.1. The summed E-state index contributed by atoms with van der Waals surface area (Å²) in [6, 6.07) is 12.6. The van der Waals surface area contributed by atoms with Crippen molar-refractivity contribution < 1.29 is 34.6 Å². The molecule has 29 heavy (non-hydrogen) atoms. The lowest BCUT2D eigenvalue weighted by atomic mass is 10.2. The van der Waals surface area contributed by atoms with Crippen LogP contribution in [0, 0.1) is 40.4 Å². The van der Waals surface area contributed by atoms with Crippen LogP contribution >= 0.6 is 0 Å². The largest absolute Gasteiger partial charge is 0.372 e. The van der Waals surface area contributed by atoms with Crippen molar-refractivity contribution in [3.63, 3.8) is 0 Å². The maximum atomic E-state index is 13.8. The summed E-state index contributed by atoms with van der Waals surface area (Å²) < 4.78 is 97.0. The lowest BCUT2D eigenvalue weighted by Gasteiger charge is -2.11. The van der Waals surface area contributed by atoms with E-state index < -0.39 is 49.8 Å². The monoisotopic (exact) mass is 427 g/mol. The molecule has 10 heteroatoms. The first-order valence-electron chi connectivity index (χ1n) is 7.65. The molecule has 4 nitrogen and oxygen atoms in total. The van der Waals surface area contributed by atoms with Gasteiger partial charge in [0.25, 0.3) is 0 Å². The highest BCUT2D eigenvalue weighted by molar-refractivity contribution is 7.87. The Morgan fingerprint density at radius 3 is 1.83 bits per heavy atom. The lowest BCUT2D eigenvalue weighted by Crippen LogP contribution is -2.15. The van der Waals surface area contributed by atoms with Crippen LogP contribution in [0.25, 0.3) is 6.08 Å². The predicted octanol–water partition coefficient (Wildman–Crippen LogP) is 4.81. The second-order valence-electron chi connectivity index (χ2n) is 5.21. The molecule has 0 aliphatic heterocycles. The molecular weight excluding hydrogens is 417 g/mol. The Hall–Kier alpha value is -3.45. The SMILES string of the molecule is N#CC=Cc1ccccccccc1S(=O)(=O)Oc1c(F)c(F)c(F)c(F)c1F. The maximum absolute atomic E-state index is 13.8. The summed E-state index contributed by atoms with van der Waals surface area (Å²) in [5.41, 5.74) is -0.147. The molecule has 0 aliphatic rings. The van der Waals surface area contributed by atoms with Crippen LogP contribution in [0.5, 0.6) is 5.75 Å². The quantitative estimate of drug-likeness (QED) is 0.231. The zero-order chi connectivity index (χ0) is 21.6. The number of benzene rings is 1. The minimum Gasteiger partial charge on any atom is -0.372 e. The minimum absolute atomic E-state index is 0.147. The minimum atomic E-state index is -5.09. The molecule has 0 aliphatic carbocycles. The lowest BCUT2D eigenvalue weighted by molar-refractivity contribution is 0.346. The smallest absolute Gasteiger partial charge is 0.340 e. The van der Waals surface area contributed by atoms with Gasteiger partial charge in [-0.05, 0) is 17.7 Å². The number of hydrogen-bond donors (Lipinski definition) is 0. The summed E-state index contributed by atoms with van der Waals surface area (Å²) in [5.74, 6) is -14.0. The van der Waals surface area contributed by atoms with Gasteiger partial charge in [-0.3, -0.25) is 0 Å². The molecule has 0 bridgehead atoms. The molecule has 2 aromatic rings. The van der Waals surface area contributed by atoms with Crippen molar-refractivity contribution in [3.8, 4) is 11.8 Å². The van der Waals surface area contributed by atoms with E-state index in [0.29, 0.717) is 0 Å². The van der Waals surface area contributed by atoms with Gasteiger partial charge in [0.1, 0.15) is 4.90 Å². The van der Waals surface area contributed by atoms with Crippen molar-refractivity contribution in [2.24, 2.45) is 0 Å². The van der Waals surface area contributed by atoms with Gasteiger partial charge in [0.2, 0.25) is 34.8 Å². The van der Waals surface area contributed by atoms with E-state index in [2.05, 4.69) is 4.18 Å². The average Bonchev–Trinajstić information content (AvgIpc) is 2.70. The summed E-state index contributed by atoms with van der Waals surface area (Å²) in [5, 5.41) is 8.68. The fourth-order valence-corrected chi connectivity index (χ4v) is 3.17. The molecule has 0 fully saturated rings. The highest BCUT2D eigenvalue weighted by atomic mass is 32.2. The number of allylic oxidation sites excluding steroid dienone is 1. The van der Waals surface area contributed by atoms with Crippen LogP contribution in [-0.2, 0) is 10.1 Å². The van der Waals surface area contributed by atoms with Crippen molar-refractivity contribution in [3.05, 3.63) is 89.3 Å². The summed E-state index contributed by atoms with van der Waals surface area (Å²) >= 11 is 0. The van der Waals surface area contributed by atoms with Crippen molar-refractivity contribution >= 4 is 16.2 Å². The second-order valence-corrected chi connectivity index (χ2v) is 6.72. The van der Waals surface area contributed by atoms with Crippen molar-refractivity contribution in [1.29, 1.82) is 5.26 Å². The van der Waals surface area contributed by atoms with Crippen molar-refractivity contribution in [1.82, 2.24) is 0 Å². The van der Waals surface area contributed by atoms with E-state index in [9.17, 15) is 30.4 Å². The van der Waals surface area contributed by atoms with E-state index in [1.54, 1.807) is 12.1 Å². The van der Waals surface area contributed by atoms with Crippen LogP contribution in [0.3, 0.4) is 0 Å². The molecule has 0 saturated carbocycles. The summed E-state index contributed by atoms with van der Waals surface area (Å²) in [6.07, 6.45) is 1.99. The van der Waals surface area contributed by atoms with Gasteiger partial charge in [-0.2, -0.15) is 22.5 Å². The van der Waals surface area contributed by atoms with E-state index in [4.69, 9.17) is 5.26 Å². The van der Waals surface area contributed by atoms with Crippen LogP contribution < -0.4 is 4.18 Å². The molecule has 0 saturated heterocycles. The topological polar surface area (TPSA) is 67.2 Å².